The van der Waals surface area contributed by atoms with Gasteiger partial charge in [-0.1, -0.05) is 13.8 Å². The van der Waals surface area contributed by atoms with Crippen molar-refractivity contribution in [1.82, 2.24) is 4.72 Å². The molecule has 0 saturated heterocycles. The zero-order valence-electron chi connectivity index (χ0n) is 11.6. The molecule has 108 valence electrons. The summed E-state index contributed by atoms with van der Waals surface area (Å²) in [7, 11) is -3.48. The lowest BCUT2D eigenvalue weighted by atomic mass is 10.1. The Balaban J connectivity index is 2.84. The monoisotopic (exact) mass is 302 g/mol. The van der Waals surface area contributed by atoms with E-state index < -0.39 is 10.0 Å². The molecule has 0 aromatic heterocycles. The predicted molar refractivity (Wildman–Crippen MR) is 80.8 cm³/mol. The molecular weight excluding hydrogens is 280 g/mol. The van der Waals surface area contributed by atoms with Crippen LogP contribution in [0.4, 0.5) is 0 Å². The van der Waals surface area contributed by atoms with Gasteiger partial charge in [0.15, 0.2) is 0 Å². The van der Waals surface area contributed by atoms with Gasteiger partial charge in [0.05, 0.1) is 4.90 Å². The summed E-state index contributed by atoms with van der Waals surface area (Å²) in [5.74, 6) is 0.398. The van der Waals surface area contributed by atoms with Gasteiger partial charge in [-0.15, -0.1) is 11.8 Å². The number of hydrogen-bond donors (Lipinski definition) is 2. The maximum atomic E-state index is 12.2. The standard InChI is InChI=1S/C13H22N2O2S2/c1-10(2)8-11(9-14)15-19(16,17)13-6-4-12(18-3)5-7-13/h4-7,10-11,15H,8-9,14H2,1-3H3. The zero-order valence-corrected chi connectivity index (χ0v) is 13.2. The van der Waals surface area contributed by atoms with Crippen molar-refractivity contribution >= 4 is 21.8 Å². The average Bonchev–Trinajstić information content (AvgIpc) is 2.37. The lowest BCUT2D eigenvalue weighted by Crippen LogP contribution is -2.40. The smallest absolute Gasteiger partial charge is 0.240 e. The van der Waals surface area contributed by atoms with Gasteiger partial charge < -0.3 is 5.73 Å². The molecule has 0 saturated carbocycles. The van der Waals surface area contributed by atoms with Crippen LogP contribution in [0.25, 0.3) is 0 Å². The molecule has 0 fully saturated rings. The fourth-order valence-electron chi connectivity index (χ4n) is 1.80. The highest BCUT2D eigenvalue weighted by Gasteiger charge is 2.19. The first-order chi connectivity index (χ1) is 8.89. The van der Waals surface area contributed by atoms with E-state index >= 15 is 0 Å². The van der Waals surface area contributed by atoms with Crippen LogP contribution in [-0.2, 0) is 10.0 Å². The number of sulfonamides is 1. The van der Waals surface area contributed by atoms with E-state index in [0.29, 0.717) is 12.5 Å². The first-order valence-electron chi connectivity index (χ1n) is 6.25. The minimum Gasteiger partial charge on any atom is -0.329 e. The van der Waals surface area contributed by atoms with E-state index in [1.807, 2.05) is 20.1 Å². The molecule has 0 aliphatic carbocycles. The van der Waals surface area contributed by atoms with Crippen molar-refractivity contribution in [3.63, 3.8) is 0 Å². The maximum Gasteiger partial charge on any atom is 0.240 e. The minimum atomic E-state index is -3.48. The van der Waals surface area contributed by atoms with Gasteiger partial charge in [-0.2, -0.15) is 0 Å². The van der Waals surface area contributed by atoms with Crippen LogP contribution in [0, 0.1) is 5.92 Å². The number of thioether (sulfide) groups is 1. The Bertz CT molecular complexity index is 484. The Morgan fingerprint density at radius 1 is 1.26 bits per heavy atom. The van der Waals surface area contributed by atoms with Crippen molar-refractivity contribution in [2.75, 3.05) is 12.8 Å². The summed E-state index contributed by atoms with van der Waals surface area (Å²) < 4.78 is 27.1. The molecule has 0 radical (unpaired) electrons. The van der Waals surface area contributed by atoms with E-state index in [1.165, 1.54) is 0 Å². The third-order valence-corrected chi connectivity index (χ3v) is 5.01. The number of hydrogen-bond acceptors (Lipinski definition) is 4. The second-order valence-corrected chi connectivity index (χ2v) is 7.45. The third kappa shape index (κ3) is 5.14. The van der Waals surface area contributed by atoms with Crippen LogP contribution < -0.4 is 10.5 Å². The van der Waals surface area contributed by atoms with Crippen molar-refractivity contribution in [2.24, 2.45) is 11.7 Å². The van der Waals surface area contributed by atoms with E-state index in [4.69, 9.17) is 5.73 Å². The van der Waals surface area contributed by atoms with Crippen LogP contribution in [-0.4, -0.2) is 27.3 Å². The van der Waals surface area contributed by atoms with Crippen LogP contribution in [0.2, 0.25) is 0 Å². The van der Waals surface area contributed by atoms with Gasteiger partial charge in [-0.05, 0) is 42.9 Å². The summed E-state index contributed by atoms with van der Waals surface area (Å²) in [5, 5.41) is 0. The largest absolute Gasteiger partial charge is 0.329 e. The molecule has 0 aliphatic heterocycles. The molecule has 6 heteroatoms. The number of rotatable bonds is 7. The molecule has 0 amide bonds. The molecule has 4 nitrogen and oxygen atoms in total. The van der Waals surface area contributed by atoms with Gasteiger partial charge in [0.25, 0.3) is 0 Å². The summed E-state index contributed by atoms with van der Waals surface area (Å²) in [5.41, 5.74) is 5.62. The third-order valence-electron chi connectivity index (χ3n) is 2.73. The maximum absolute atomic E-state index is 12.2. The van der Waals surface area contributed by atoms with Crippen molar-refractivity contribution in [3.05, 3.63) is 24.3 Å². The van der Waals surface area contributed by atoms with Crippen LogP contribution in [0.5, 0.6) is 0 Å². The molecular formula is C13H22N2O2S2. The topological polar surface area (TPSA) is 72.2 Å². The highest BCUT2D eigenvalue weighted by atomic mass is 32.2. The Kier molecular flexibility index (Phi) is 6.32. The Hall–Kier alpha value is -0.560. The average molecular weight is 302 g/mol. The molecule has 1 rings (SSSR count). The quantitative estimate of drug-likeness (QED) is 0.756. The van der Waals surface area contributed by atoms with Crippen molar-refractivity contribution < 1.29 is 8.42 Å². The summed E-state index contributed by atoms with van der Waals surface area (Å²) >= 11 is 1.58. The lowest BCUT2D eigenvalue weighted by Gasteiger charge is -2.18. The van der Waals surface area contributed by atoms with Crippen LogP contribution >= 0.6 is 11.8 Å². The second-order valence-electron chi connectivity index (χ2n) is 4.86. The molecule has 0 spiro atoms. The summed E-state index contributed by atoms with van der Waals surface area (Å²) in [6.45, 7) is 4.40. The SMILES string of the molecule is CSc1ccc(S(=O)(=O)NC(CN)CC(C)C)cc1. The number of nitrogens with one attached hydrogen (secondary N) is 1. The van der Waals surface area contributed by atoms with E-state index in [0.717, 1.165) is 11.3 Å². The van der Waals surface area contributed by atoms with Crippen molar-refractivity contribution in [1.29, 1.82) is 0 Å². The molecule has 1 unspecified atom stereocenters. The fourth-order valence-corrected chi connectivity index (χ4v) is 3.47. The Morgan fingerprint density at radius 3 is 2.26 bits per heavy atom. The van der Waals surface area contributed by atoms with Gasteiger partial charge >= 0.3 is 0 Å². The highest BCUT2D eigenvalue weighted by Crippen LogP contribution is 2.18. The van der Waals surface area contributed by atoms with E-state index in [-0.39, 0.29) is 10.9 Å². The molecule has 3 N–H and O–H groups in total. The Labute approximate surface area is 120 Å². The fraction of sp³-hybridized carbons (Fsp3) is 0.538. The molecule has 0 aliphatic rings. The highest BCUT2D eigenvalue weighted by molar-refractivity contribution is 7.98. The van der Waals surface area contributed by atoms with Gasteiger partial charge in [0, 0.05) is 17.5 Å². The van der Waals surface area contributed by atoms with E-state index in [1.54, 1.807) is 36.0 Å². The molecule has 1 atom stereocenters. The summed E-state index contributed by atoms with van der Waals surface area (Å²) in [6.07, 6.45) is 2.69. The van der Waals surface area contributed by atoms with Crippen LogP contribution in [0.1, 0.15) is 20.3 Å². The molecule has 0 heterocycles. The Morgan fingerprint density at radius 2 is 1.84 bits per heavy atom. The summed E-state index contributed by atoms with van der Waals surface area (Å²) in [4.78, 5) is 1.32. The normalized spacial score (nSPS) is 13.7. The predicted octanol–water partition coefficient (Wildman–Crippen LogP) is 2.06. The van der Waals surface area contributed by atoms with E-state index in [2.05, 4.69) is 4.72 Å². The summed E-state index contributed by atoms with van der Waals surface area (Å²) in [6, 6.07) is 6.64. The molecule has 1 aromatic carbocycles. The van der Waals surface area contributed by atoms with Gasteiger partial charge in [0.1, 0.15) is 0 Å². The zero-order chi connectivity index (χ0) is 14.5. The van der Waals surface area contributed by atoms with Crippen LogP contribution in [0.15, 0.2) is 34.1 Å². The van der Waals surface area contributed by atoms with Crippen LogP contribution in [0.3, 0.4) is 0 Å². The molecule has 1 aromatic rings. The first kappa shape index (κ1) is 16.5. The van der Waals surface area contributed by atoms with Gasteiger partial charge in [-0.3, -0.25) is 0 Å². The molecule has 0 bridgehead atoms. The molecule has 19 heavy (non-hydrogen) atoms. The second kappa shape index (κ2) is 7.28. The van der Waals surface area contributed by atoms with Crippen molar-refractivity contribution in [3.8, 4) is 0 Å². The minimum absolute atomic E-state index is 0.217. The first-order valence-corrected chi connectivity index (χ1v) is 8.96. The number of benzene rings is 1. The lowest BCUT2D eigenvalue weighted by molar-refractivity contribution is 0.465. The van der Waals surface area contributed by atoms with Crippen molar-refractivity contribution in [2.45, 2.75) is 36.1 Å². The van der Waals surface area contributed by atoms with Gasteiger partial charge in [-0.25, -0.2) is 13.1 Å². The van der Waals surface area contributed by atoms with Gasteiger partial charge in [0.2, 0.25) is 10.0 Å². The van der Waals surface area contributed by atoms with E-state index in [9.17, 15) is 8.42 Å². The number of nitrogens with two attached hydrogens (primary N) is 1.